The Kier molecular flexibility index (Phi) is 5.01. The van der Waals surface area contributed by atoms with Crippen LogP contribution in [-0.2, 0) is 11.8 Å². The van der Waals surface area contributed by atoms with E-state index < -0.39 is 0 Å². The van der Waals surface area contributed by atoms with Crippen LogP contribution in [0.25, 0.3) is 0 Å². The molecule has 1 amide bonds. The molecule has 3 rings (SSSR count). The second kappa shape index (κ2) is 6.56. The van der Waals surface area contributed by atoms with Crippen molar-refractivity contribution in [2.24, 2.45) is 18.9 Å². The van der Waals surface area contributed by atoms with Crippen LogP contribution in [0.5, 0.6) is 0 Å². The van der Waals surface area contributed by atoms with Gasteiger partial charge < -0.3 is 15.4 Å². The molecule has 2 saturated heterocycles. The lowest BCUT2D eigenvalue weighted by Gasteiger charge is -2.27. The topological polar surface area (TPSA) is 68.2 Å². The lowest BCUT2D eigenvalue weighted by atomic mass is 9.85. The smallest absolute Gasteiger partial charge is 0.254 e. The number of amides is 1. The van der Waals surface area contributed by atoms with Crippen molar-refractivity contribution in [1.29, 1.82) is 0 Å². The van der Waals surface area contributed by atoms with Gasteiger partial charge in [0.2, 0.25) is 0 Å². The standard InChI is InChI=1S/C13H20N4O2.ClH/c1-17-7-9(5-16-17)13(18)15-6-12-11-2-3-14-4-10(11)8-19-12;/h5,7,10-12,14H,2-4,6,8H2,1H3,(H,15,18);1H/t10-,11-,12+;/m0./s1. The number of carbonyl (C=O) groups excluding carboxylic acids is 1. The molecule has 7 heteroatoms. The average Bonchev–Trinajstić information content (AvgIpc) is 3.02. The molecule has 0 spiro atoms. The van der Waals surface area contributed by atoms with E-state index in [1.807, 2.05) is 0 Å². The van der Waals surface area contributed by atoms with E-state index in [0.29, 0.717) is 23.9 Å². The van der Waals surface area contributed by atoms with Gasteiger partial charge in [-0.15, -0.1) is 12.4 Å². The number of ether oxygens (including phenoxy) is 1. The Bertz CT molecular complexity index is 465. The highest BCUT2D eigenvalue weighted by Crippen LogP contribution is 2.31. The van der Waals surface area contributed by atoms with E-state index >= 15 is 0 Å². The zero-order valence-electron chi connectivity index (χ0n) is 11.5. The Hall–Kier alpha value is -1.11. The molecule has 2 aliphatic rings. The van der Waals surface area contributed by atoms with Gasteiger partial charge >= 0.3 is 0 Å². The van der Waals surface area contributed by atoms with Gasteiger partial charge in [0.25, 0.3) is 5.91 Å². The summed E-state index contributed by atoms with van der Waals surface area (Å²) >= 11 is 0. The molecule has 0 aromatic carbocycles. The number of fused-ring (bicyclic) bond motifs is 1. The number of nitrogens with one attached hydrogen (secondary N) is 2. The molecule has 3 heterocycles. The first-order valence-electron chi connectivity index (χ1n) is 6.83. The Morgan fingerprint density at radius 2 is 2.50 bits per heavy atom. The van der Waals surface area contributed by atoms with Crippen LogP contribution < -0.4 is 10.6 Å². The fraction of sp³-hybridized carbons (Fsp3) is 0.692. The molecule has 2 N–H and O–H groups in total. The number of aryl methyl sites for hydroxylation is 1. The summed E-state index contributed by atoms with van der Waals surface area (Å²) in [4.78, 5) is 11.9. The molecule has 0 aliphatic carbocycles. The molecule has 2 fully saturated rings. The minimum Gasteiger partial charge on any atom is -0.376 e. The maximum Gasteiger partial charge on any atom is 0.254 e. The quantitative estimate of drug-likeness (QED) is 0.836. The Labute approximate surface area is 124 Å². The van der Waals surface area contributed by atoms with E-state index in [0.717, 1.165) is 26.1 Å². The molecule has 112 valence electrons. The lowest BCUT2D eigenvalue weighted by Crippen LogP contribution is -2.41. The summed E-state index contributed by atoms with van der Waals surface area (Å²) in [6, 6.07) is 0. The van der Waals surface area contributed by atoms with E-state index in [1.165, 1.54) is 0 Å². The van der Waals surface area contributed by atoms with Gasteiger partial charge in [0.05, 0.1) is 24.5 Å². The van der Waals surface area contributed by atoms with E-state index in [-0.39, 0.29) is 24.4 Å². The minimum absolute atomic E-state index is 0. The number of halogens is 1. The van der Waals surface area contributed by atoms with Crippen molar-refractivity contribution in [3.05, 3.63) is 18.0 Å². The van der Waals surface area contributed by atoms with Crippen molar-refractivity contribution >= 4 is 18.3 Å². The van der Waals surface area contributed by atoms with Crippen molar-refractivity contribution < 1.29 is 9.53 Å². The van der Waals surface area contributed by atoms with Gasteiger partial charge in [-0.3, -0.25) is 9.48 Å². The van der Waals surface area contributed by atoms with E-state index in [4.69, 9.17) is 4.74 Å². The summed E-state index contributed by atoms with van der Waals surface area (Å²) in [6.07, 6.45) is 4.60. The average molecular weight is 301 g/mol. The van der Waals surface area contributed by atoms with Crippen LogP contribution in [0.3, 0.4) is 0 Å². The molecule has 1 aromatic rings. The maximum absolute atomic E-state index is 11.9. The van der Waals surface area contributed by atoms with Gasteiger partial charge in [-0.2, -0.15) is 5.10 Å². The zero-order valence-corrected chi connectivity index (χ0v) is 12.4. The van der Waals surface area contributed by atoms with Crippen molar-refractivity contribution in [3.8, 4) is 0 Å². The van der Waals surface area contributed by atoms with Crippen molar-refractivity contribution in [1.82, 2.24) is 20.4 Å². The third-order valence-electron chi connectivity index (χ3n) is 4.10. The van der Waals surface area contributed by atoms with E-state index in [1.54, 1.807) is 24.1 Å². The zero-order chi connectivity index (χ0) is 13.2. The first-order chi connectivity index (χ1) is 9.24. The summed E-state index contributed by atoms with van der Waals surface area (Å²) in [7, 11) is 1.80. The van der Waals surface area contributed by atoms with Crippen LogP contribution in [-0.4, -0.2) is 48.0 Å². The predicted octanol–water partition coefficient (Wildman–Crippen LogP) is 0.196. The van der Waals surface area contributed by atoms with Gasteiger partial charge in [-0.1, -0.05) is 0 Å². The molecule has 0 bridgehead atoms. The van der Waals surface area contributed by atoms with Crippen molar-refractivity contribution in [2.45, 2.75) is 12.5 Å². The maximum atomic E-state index is 11.9. The van der Waals surface area contributed by atoms with Crippen LogP contribution in [0.4, 0.5) is 0 Å². The summed E-state index contributed by atoms with van der Waals surface area (Å²) in [5, 5.41) is 10.3. The Balaban J connectivity index is 0.00000147. The minimum atomic E-state index is -0.0749. The van der Waals surface area contributed by atoms with Crippen LogP contribution in [0.1, 0.15) is 16.8 Å². The third kappa shape index (κ3) is 3.13. The molecular weight excluding hydrogens is 280 g/mol. The van der Waals surface area contributed by atoms with Crippen LogP contribution >= 0.6 is 12.4 Å². The molecule has 0 radical (unpaired) electrons. The van der Waals surface area contributed by atoms with Crippen LogP contribution in [0.15, 0.2) is 12.4 Å². The SMILES string of the molecule is Cl.Cn1cc(C(=O)NC[C@H]2OC[C@@H]3CNCC[C@@H]32)cn1. The molecular formula is C13H21ClN4O2. The summed E-state index contributed by atoms with van der Waals surface area (Å²) in [5.74, 6) is 1.11. The molecule has 0 saturated carbocycles. The molecule has 20 heavy (non-hydrogen) atoms. The van der Waals surface area contributed by atoms with Crippen LogP contribution in [0, 0.1) is 11.8 Å². The first kappa shape index (κ1) is 15.3. The highest BCUT2D eigenvalue weighted by Gasteiger charge is 2.38. The fourth-order valence-corrected chi connectivity index (χ4v) is 3.03. The van der Waals surface area contributed by atoms with E-state index in [2.05, 4.69) is 15.7 Å². The third-order valence-corrected chi connectivity index (χ3v) is 4.10. The van der Waals surface area contributed by atoms with Gasteiger partial charge in [-0.05, 0) is 18.9 Å². The summed E-state index contributed by atoms with van der Waals surface area (Å²) < 4.78 is 7.44. The normalized spacial score (nSPS) is 28.6. The van der Waals surface area contributed by atoms with Gasteiger partial charge in [-0.25, -0.2) is 0 Å². The monoisotopic (exact) mass is 300 g/mol. The number of aromatic nitrogens is 2. The number of hydrogen-bond donors (Lipinski definition) is 2. The van der Waals surface area contributed by atoms with E-state index in [9.17, 15) is 4.79 Å². The molecule has 6 nitrogen and oxygen atoms in total. The predicted molar refractivity (Wildman–Crippen MR) is 77.0 cm³/mol. The van der Waals surface area contributed by atoms with Gasteiger partial charge in [0.15, 0.2) is 0 Å². The Morgan fingerprint density at radius 1 is 1.65 bits per heavy atom. The second-order valence-electron chi connectivity index (χ2n) is 5.40. The number of carbonyl (C=O) groups is 1. The number of rotatable bonds is 3. The lowest BCUT2D eigenvalue weighted by molar-refractivity contribution is 0.0767. The second-order valence-corrected chi connectivity index (χ2v) is 5.40. The first-order valence-corrected chi connectivity index (χ1v) is 6.83. The number of nitrogens with zero attached hydrogens (tertiary/aromatic N) is 2. The largest absolute Gasteiger partial charge is 0.376 e. The summed E-state index contributed by atoms with van der Waals surface area (Å²) in [6.45, 7) is 3.50. The van der Waals surface area contributed by atoms with Gasteiger partial charge in [0, 0.05) is 32.3 Å². The fourth-order valence-electron chi connectivity index (χ4n) is 3.03. The number of hydrogen-bond acceptors (Lipinski definition) is 4. The molecule has 2 aliphatic heterocycles. The van der Waals surface area contributed by atoms with Crippen molar-refractivity contribution in [3.63, 3.8) is 0 Å². The Morgan fingerprint density at radius 3 is 3.25 bits per heavy atom. The molecule has 3 atom stereocenters. The molecule has 0 unspecified atom stereocenters. The van der Waals surface area contributed by atoms with Crippen molar-refractivity contribution in [2.75, 3.05) is 26.2 Å². The summed E-state index contributed by atoms with van der Waals surface area (Å²) in [5.41, 5.74) is 0.599. The highest BCUT2D eigenvalue weighted by atomic mass is 35.5. The van der Waals surface area contributed by atoms with Crippen LogP contribution in [0.2, 0.25) is 0 Å². The molecule has 1 aromatic heterocycles. The van der Waals surface area contributed by atoms with Gasteiger partial charge in [0.1, 0.15) is 0 Å². The highest BCUT2D eigenvalue weighted by molar-refractivity contribution is 5.93. The number of piperidine rings is 1.